The van der Waals surface area contributed by atoms with Crippen LogP contribution in [0.25, 0.3) is 0 Å². The third kappa shape index (κ3) is 8.77. The Bertz CT molecular complexity index is 1760. The summed E-state index contributed by atoms with van der Waals surface area (Å²) in [5, 5.41) is 3.40. The zero-order valence-corrected chi connectivity index (χ0v) is 28.6. The molecule has 7 nitrogen and oxygen atoms in total. The lowest BCUT2D eigenvalue weighted by atomic mass is 10.0. The summed E-state index contributed by atoms with van der Waals surface area (Å²) in [6, 6.07) is 27.7. The second-order valence-corrected chi connectivity index (χ2v) is 14.1. The van der Waals surface area contributed by atoms with Gasteiger partial charge >= 0.3 is 0 Å². The summed E-state index contributed by atoms with van der Waals surface area (Å²) >= 11 is 6.37. The van der Waals surface area contributed by atoms with Crippen molar-refractivity contribution >= 4 is 39.1 Å². The van der Waals surface area contributed by atoms with E-state index in [1.54, 1.807) is 37.3 Å². The quantitative estimate of drug-likeness (QED) is 0.167. The lowest BCUT2D eigenvalue weighted by Gasteiger charge is -2.34. The predicted octanol–water partition coefficient (Wildman–Crippen LogP) is 7.02. The summed E-state index contributed by atoms with van der Waals surface area (Å²) in [6.45, 7) is 9.08. The van der Waals surface area contributed by atoms with Crippen molar-refractivity contribution in [1.82, 2.24) is 10.2 Å². The molecule has 0 fully saturated rings. The van der Waals surface area contributed by atoms with E-state index in [4.69, 9.17) is 11.6 Å². The molecule has 0 radical (unpaired) electrons. The van der Waals surface area contributed by atoms with Crippen LogP contribution in [0.4, 0.5) is 5.69 Å². The third-order valence-electron chi connectivity index (χ3n) is 8.04. The van der Waals surface area contributed by atoms with E-state index in [1.807, 2.05) is 82.3 Å². The first-order chi connectivity index (χ1) is 21.9. The molecule has 2 atom stereocenters. The van der Waals surface area contributed by atoms with Crippen molar-refractivity contribution in [2.45, 2.75) is 71.0 Å². The molecule has 0 aliphatic carbocycles. The van der Waals surface area contributed by atoms with Crippen LogP contribution in [0.1, 0.15) is 48.1 Å². The molecule has 4 aromatic rings. The molecular weight excluding hydrogens is 618 g/mol. The Morgan fingerprint density at radius 2 is 1.50 bits per heavy atom. The van der Waals surface area contributed by atoms with Crippen molar-refractivity contribution in [3.05, 3.63) is 130 Å². The maximum Gasteiger partial charge on any atom is 0.264 e. The van der Waals surface area contributed by atoms with Gasteiger partial charge in [-0.1, -0.05) is 102 Å². The summed E-state index contributed by atoms with van der Waals surface area (Å²) in [7, 11) is -4.22. The minimum absolute atomic E-state index is 0.0471. The van der Waals surface area contributed by atoms with E-state index < -0.39 is 28.5 Å². The van der Waals surface area contributed by atoms with E-state index in [-0.39, 0.29) is 29.8 Å². The fraction of sp³-hybridized carbons (Fsp3) is 0.297. The number of rotatable bonds is 13. The van der Waals surface area contributed by atoms with Crippen LogP contribution in [0.3, 0.4) is 0 Å². The molecule has 9 heteroatoms. The van der Waals surface area contributed by atoms with Gasteiger partial charge in [-0.15, -0.1) is 0 Å². The highest BCUT2D eigenvalue weighted by molar-refractivity contribution is 7.92. The van der Waals surface area contributed by atoms with Crippen molar-refractivity contribution in [1.29, 1.82) is 0 Å². The smallest absolute Gasteiger partial charge is 0.264 e. The summed E-state index contributed by atoms with van der Waals surface area (Å²) in [4.78, 5) is 30.2. The number of nitrogens with zero attached hydrogens (tertiary/aromatic N) is 2. The number of carbonyl (C=O) groups excluding carboxylic acids is 2. The standard InChI is InChI=1S/C37H42ClN3O4S/c1-6-29(5)39-37(43)35(22-30-12-8-7-9-13-30)40(24-31-14-10-11-27(3)21-31)36(42)25-41(34-23-32(38)18-17-28(34)4)46(44,45)33-19-15-26(2)16-20-33/h7-21,23,29,35H,6,22,24-25H2,1-5H3,(H,39,43)/t29-,35-/m0/s1. The van der Waals surface area contributed by atoms with Crippen molar-refractivity contribution in [2.24, 2.45) is 0 Å². The Kier molecular flexibility index (Phi) is 11.7. The Morgan fingerprint density at radius 1 is 0.826 bits per heavy atom. The highest BCUT2D eigenvalue weighted by Crippen LogP contribution is 2.30. The molecule has 0 saturated carbocycles. The van der Waals surface area contributed by atoms with Gasteiger partial charge in [0.25, 0.3) is 10.0 Å². The highest BCUT2D eigenvalue weighted by atomic mass is 35.5. The molecule has 0 aliphatic rings. The number of halogens is 1. The van der Waals surface area contributed by atoms with Crippen LogP contribution in [0, 0.1) is 20.8 Å². The minimum atomic E-state index is -4.22. The average Bonchev–Trinajstić information content (AvgIpc) is 3.03. The Morgan fingerprint density at radius 3 is 2.15 bits per heavy atom. The van der Waals surface area contributed by atoms with Gasteiger partial charge < -0.3 is 10.2 Å². The fourth-order valence-corrected chi connectivity index (χ4v) is 6.84. The van der Waals surface area contributed by atoms with E-state index in [9.17, 15) is 18.0 Å². The molecule has 0 saturated heterocycles. The van der Waals surface area contributed by atoms with Crippen molar-refractivity contribution in [2.75, 3.05) is 10.8 Å². The molecule has 0 aromatic heterocycles. The molecule has 0 aliphatic heterocycles. The molecule has 0 spiro atoms. The molecule has 4 rings (SSSR count). The number of benzene rings is 4. The maximum atomic E-state index is 14.6. The molecular formula is C37H42ClN3O4S. The molecule has 242 valence electrons. The van der Waals surface area contributed by atoms with Gasteiger partial charge in [-0.05, 0) is 75.1 Å². The van der Waals surface area contributed by atoms with Crippen LogP contribution in [0.15, 0.2) is 102 Å². The number of hydrogen-bond donors (Lipinski definition) is 1. The van der Waals surface area contributed by atoms with Crippen LogP contribution < -0.4 is 9.62 Å². The number of hydrogen-bond acceptors (Lipinski definition) is 4. The Labute approximate surface area is 278 Å². The van der Waals surface area contributed by atoms with Gasteiger partial charge in [0, 0.05) is 24.0 Å². The molecule has 1 N–H and O–H groups in total. The SMILES string of the molecule is CC[C@H](C)NC(=O)[C@H](Cc1ccccc1)N(Cc1cccc(C)c1)C(=O)CN(c1cc(Cl)ccc1C)S(=O)(=O)c1ccc(C)cc1. The fourth-order valence-electron chi connectivity index (χ4n) is 5.20. The van der Waals surface area contributed by atoms with Gasteiger partial charge in [0.05, 0.1) is 10.6 Å². The molecule has 0 unspecified atom stereocenters. The Balaban J connectivity index is 1.84. The van der Waals surface area contributed by atoms with E-state index in [1.165, 1.54) is 17.0 Å². The van der Waals surface area contributed by atoms with Gasteiger partial charge in [-0.2, -0.15) is 0 Å². The normalized spacial score (nSPS) is 12.7. The topological polar surface area (TPSA) is 86.8 Å². The predicted molar refractivity (Wildman–Crippen MR) is 185 cm³/mol. The molecule has 46 heavy (non-hydrogen) atoms. The van der Waals surface area contributed by atoms with E-state index in [0.29, 0.717) is 22.7 Å². The molecule has 2 amide bonds. The number of aryl methyl sites for hydroxylation is 3. The number of sulfonamides is 1. The maximum absolute atomic E-state index is 14.6. The lowest BCUT2D eigenvalue weighted by Crippen LogP contribution is -2.54. The van der Waals surface area contributed by atoms with Crippen LogP contribution in [0.2, 0.25) is 5.02 Å². The first kappa shape index (κ1) is 34.7. The number of carbonyl (C=O) groups is 2. The van der Waals surface area contributed by atoms with Crippen molar-refractivity contribution in [3.8, 4) is 0 Å². The summed E-state index contributed by atoms with van der Waals surface area (Å²) < 4.78 is 29.7. The zero-order chi connectivity index (χ0) is 33.4. The Hall–Kier alpha value is -4.14. The van der Waals surface area contributed by atoms with E-state index in [2.05, 4.69) is 5.32 Å². The third-order valence-corrected chi connectivity index (χ3v) is 10.0. The van der Waals surface area contributed by atoms with Crippen LogP contribution in [-0.2, 0) is 32.6 Å². The van der Waals surface area contributed by atoms with Gasteiger partial charge in [0.15, 0.2) is 0 Å². The monoisotopic (exact) mass is 659 g/mol. The van der Waals surface area contributed by atoms with Gasteiger partial charge in [-0.25, -0.2) is 8.42 Å². The van der Waals surface area contributed by atoms with Gasteiger partial charge in [0.1, 0.15) is 12.6 Å². The summed E-state index contributed by atoms with van der Waals surface area (Å²) in [5.41, 5.74) is 4.54. The highest BCUT2D eigenvalue weighted by Gasteiger charge is 2.35. The second-order valence-electron chi connectivity index (χ2n) is 11.8. The van der Waals surface area contributed by atoms with Crippen LogP contribution in [0.5, 0.6) is 0 Å². The molecule has 0 heterocycles. The first-order valence-corrected chi connectivity index (χ1v) is 17.3. The van der Waals surface area contributed by atoms with Crippen molar-refractivity contribution in [3.63, 3.8) is 0 Å². The van der Waals surface area contributed by atoms with Gasteiger partial charge in [0.2, 0.25) is 11.8 Å². The minimum Gasteiger partial charge on any atom is -0.352 e. The van der Waals surface area contributed by atoms with Crippen molar-refractivity contribution < 1.29 is 18.0 Å². The molecule has 4 aromatic carbocycles. The van der Waals surface area contributed by atoms with Crippen LogP contribution >= 0.6 is 11.6 Å². The largest absolute Gasteiger partial charge is 0.352 e. The van der Waals surface area contributed by atoms with E-state index >= 15 is 0 Å². The zero-order valence-electron chi connectivity index (χ0n) is 27.0. The first-order valence-electron chi connectivity index (χ1n) is 15.4. The summed E-state index contributed by atoms with van der Waals surface area (Å²) in [6.07, 6.45) is 0.966. The number of anilines is 1. The number of nitrogens with one attached hydrogen (secondary N) is 1. The lowest BCUT2D eigenvalue weighted by molar-refractivity contribution is -0.140. The average molecular weight is 660 g/mol. The van der Waals surface area contributed by atoms with E-state index in [0.717, 1.165) is 26.6 Å². The van der Waals surface area contributed by atoms with Gasteiger partial charge in [-0.3, -0.25) is 13.9 Å². The van der Waals surface area contributed by atoms with Crippen LogP contribution in [-0.4, -0.2) is 43.8 Å². The second kappa shape index (κ2) is 15.4. The number of amides is 2. The molecule has 0 bridgehead atoms. The summed E-state index contributed by atoms with van der Waals surface area (Å²) in [5.74, 6) is -0.817.